The lowest BCUT2D eigenvalue weighted by molar-refractivity contribution is -0.142. The van der Waals surface area contributed by atoms with Crippen molar-refractivity contribution in [1.29, 1.82) is 0 Å². The zero-order valence-corrected chi connectivity index (χ0v) is 9.84. The van der Waals surface area contributed by atoms with Crippen LogP contribution < -0.4 is 0 Å². The number of carbonyl (C=O) groups is 1. The number of esters is 1. The van der Waals surface area contributed by atoms with Crippen LogP contribution in [0.1, 0.15) is 30.4 Å². The van der Waals surface area contributed by atoms with Crippen molar-refractivity contribution in [2.45, 2.75) is 25.4 Å². The van der Waals surface area contributed by atoms with Gasteiger partial charge in [0, 0.05) is 0 Å². The number of ether oxygens (including phenoxy) is 1. The second-order valence-electron chi connectivity index (χ2n) is 3.91. The van der Waals surface area contributed by atoms with Crippen molar-refractivity contribution in [3.05, 3.63) is 35.1 Å². The van der Waals surface area contributed by atoms with Crippen LogP contribution in [0.4, 0.5) is 17.6 Å². The zero-order chi connectivity index (χ0) is 13.9. The Morgan fingerprint density at radius 1 is 1.39 bits per heavy atom. The Labute approximate surface area is 102 Å². The fourth-order valence-electron chi connectivity index (χ4n) is 1.65. The molecule has 0 aromatic heterocycles. The molecule has 0 amide bonds. The van der Waals surface area contributed by atoms with Gasteiger partial charge in [-0.2, -0.15) is 13.2 Å². The highest BCUT2D eigenvalue weighted by Gasteiger charge is 2.35. The molecule has 0 bridgehead atoms. The van der Waals surface area contributed by atoms with Crippen LogP contribution in [0.3, 0.4) is 0 Å². The minimum atomic E-state index is -4.65. The lowest BCUT2D eigenvalue weighted by atomic mass is 9.92. The Balaban J connectivity index is 3.12. The SMILES string of the molecule is COC(=O)CC(C)c1ccc(F)cc1C(F)(F)F. The van der Waals surface area contributed by atoms with Crippen molar-refractivity contribution in [2.24, 2.45) is 0 Å². The highest BCUT2D eigenvalue weighted by atomic mass is 19.4. The van der Waals surface area contributed by atoms with Gasteiger partial charge in [-0.05, 0) is 23.6 Å². The number of benzene rings is 1. The fraction of sp³-hybridized carbons (Fsp3) is 0.417. The normalized spacial score (nSPS) is 13.2. The molecule has 0 aliphatic carbocycles. The third kappa shape index (κ3) is 3.45. The summed E-state index contributed by atoms with van der Waals surface area (Å²) < 4.78 is 55.5. The molecule has 0 heterocycles. The summed E-state index contributed by atoms with van der Waals surface area (Å²) in [5.41, 5.74) is -1.17. The maximum atomic E-state index is 12.9. The number of hydrogen-bond donors (Lipinski definition) is 0. The van der Waals surface area contributed by atoms with Gasteiger partial charge in [-0.25, -0.2) is 4.39 Å². The molecule has 1 unspecified atom stereocenters. The summed E-state index contributed by atoms with van der Waals surface area (Å²) in [7, 11) is 1.16. The van der Waals surface area contributed by atoms with Gasteiger partial charge in [0.25, 0.3) is 0 Å². The molecule has 100 valence electrons. The van der Waals surface area contributed by atoms with Crippen LogP contribution >= 0.6 is 0 Å². The average Bonchev–Trinajstić information content (AvgIpc) is 2.27. The van der Waals surface area contributed by atoms with Crippen molar-refractivity contribution >= 4 is 5.97 Å². The molecule has 1 aromatic carbocycles. The molecule has 0 radical (unpaired) electrons. The van der Waals surface area contributed by atoms with Gasteiger partial charge in [0.15, 0.2) is 0 Å². The van der Waals surface area contributed by atoms with Crippen molar-refractivity contribution in [1.82, 2.24) is 0 Å². The predicted octanol–water partition coefficient (Wildman–Crippen LogP) is 3.51. The molecule has 1 rings (SSSR count). The van der Waals surface area contributed by atoms with E-state index in [1.54, 1.807) is 0 Å². The predicted molar refractivity (Wildman–Crippen MR) is 56.5 cm³/mol. The second-order valence-corrected chi connectivity index (χ2v) is 3.91. The van der Waals surface area contributed by atoms with Crippen LogP contribution in [0.15, 0.2) is 18.2 Å². The molecule has 0 spiro atoms. The molecule has 1 aromatic rings. The highest BCUT2D eigenvalue weighted by Crippen LogP contribution is 2.36. The minimum absolute atomic E-state index is 0.116. The van der Waals surface area contributed by atoms with Crippen LogP contribution in [0, 0.1) is 5.82 Å². The number of carbonyl (C=O) groups excluding carboxylic acids is 1. The van der Waals surface area contributed by atoms with E-state index in [1.165, 1.54) is 6.92 Å². The first kappa shape index (κ1) is 14.5. The van der Waals surface area contributed by atoms with Crippen molar-refractivity contribution in [2.75, 3.05) is 7.11 Å². The Morgan fingerprint density at radius 3 is 2.50 bits per heavy atom. The van der Waals surface area contributed by atoms with Crippen molar-refractivity contribution < 1.29 is 27.1 Å². The minimum Gasteiger partial charge on any atom is -0.469 e. The van der Waals surface area contributed by atoms with Gasteiger partial charge in [0.1, 0.15) is 5.82 Å². The molecular formula is C12H12F4O2. The van der Waals surface area contributed by atoms with Gasteiger partial charge in [-0.1, -0.05) is 13.0 Å². The standard InChI is InChI=1S/C12H12F4O2/c1-7(5-11(17)18-2)9-4-3-8(13)6-10(9)12(14,15)16/h3-4,6-7H,5H2,1-2H3. The summed E-state index contributed by atoms with van der Waals surface area (Å²) in [6.07, 6.45) is -4.84. The van der Waals surface area contributed by atoms with Gasteiger partial charge in [-0.3, -0.25) is 4.79 Å². The van der Waals surface area contributed by atoms with Crippen LogP contribution in [0.5, 0.6) is 0 Å². The Kier molecular flexibility index (Phi) is 4.32. The molecular weight excluding hydrogens is 252 g/mol. The van der Waals surface area contributed by atoms with E-state index in [-0.39, 0.29) is 12.0 Å². The third-order valence-corrected chi connectivity index (χ3v) is 2.55. The van der Waals surface area contributed by atoms with E-state index in [2.05, 4.69) is 4.74 Å². The number of halogens is 4. The monoisotopic (exact) mass is 264 g/mol. The molecule has 0 aliphatic rings. The van der Waals surface area contributed by atoms with Crippen LogP contribution in [-0.4, -0.2) is 13.1 Å². The first-order chi connectivity index (χ1) is 8.25. The smallest absolute Gasteiger partial charge is 0.416 e. The maximum Gasteiger partial charge on any atom is 0.416 e. The van der Waals surface area contributed by atoms with Crippen LogP contribution in [0.2, 0.25) is 0 Å². The summed E-state index contributed by atoms with van der Waals surface area (Å²) in [5.74, 6) is -2.27. The Hall–Kier alpha value is -1.59. The topological polar surface area (TPSA) is 26.3 Å². The van der Waals surface area contributed by atoms with Crippen molar-refractivity contribution in [3.8, 4) is 0 Å². The molecule has 6 heteroatoms. The van der Waals surface area contributed by atoms with Gasteiger partial charge >= 0.3 is 12.1 Å². The van der Waals surface area contributed by atoms with Crippen LogP contribution in [0.25, 0.3) is 0 Å². The number of methoxy groups -OCH3 is 1. The zero-order valence-electron chi connectivity index (χ0n) is 9.84. The van der Waals surface area contributed by atoms with Crippen LogP contribution in [-0.2, 0) is 15.7 Å². The largest absolute Gasteiger partial charge is 0.469 e. The van der Waals surface area contributed by atoms with Crippen molar-refractivity contribution in [3.63, 3.8) is 0 Å². The maximum absolute atomic E-state index is 12.9. The van der Waals surface area contributed by atoms with E-state index in [4.69, 9.17) is 0 Å². The highest BCUT2D eigenvalue weighted by molar-refractivity contribution is 5.70. The number of alkyl halides is 3. The molecule has 2 nitrogen and oxygen atoms in total. The Morgan fingerprint density at radius 2 is 2.00 bits per heavy atom. The first-order valence-corrected chi connectivity index (χ1v) is 5.19. The number of hydrogen-bond acceptors (Lipinski definition) is 2. The molecule has 0 aliphatic heterocycles. The lowest BCUT2D eigenvalue weighted by Crippen LogP contribution is -2.14. The molecule has 0 N–H and O–H groups in total. The van der Waals surface area contributed by atoms with Gasteiger partial charge < -0.3 is 4.74 Å². The molecule has 0 fully saturated rings. The Bertz CT molecular complexity index is 440. The molecule has 0 saturated carbocycles. The molecule has 0 saturated heterocycles. The van der Waals surface area contributed by atoms with E-state index in [0.717, 1.165) is 19.2 Å². The quantitative estimate of drug-likeness (QED) is 0.617. The van der Waals surface area contributed by atoms with E-state index < -0.39 is 29.4 Å². The fourth-order valence-corrected chi connectivity index (χ4v) is 1.65. The van der Waals surface area contributed by atoms with Gasteiger partial charge in [0.05, 0.1) is 19.1 Å². The number of rotatable bonds is 3. The molecule has 18 heavy (non-hydrogen) atoms. The molecule has 1 atom stereocenters. The van der Waals surface area contributed by atoms with E-state index in [0.29, 0.717) is 6.07 Å². The summed E-state index contributed by atoms with van der Waals surface area (Å²) in [4.78, 5) is 11.0. The summed E-state index contributed by atoms with van der Waals surface area (Å²) in [6.45, 7) is 1.46. The summed E-state index contributed by atoms with van der Waals surface area (Å²) in [6, 6.07) is 2.42. The van der Waals surface area contributed by atoms with E-state index in [9.17, 15) is 22.4 Å². The summed E-state index contributed by atoms with van der Waals surface area (Å²) >= 11 is 0. The van der Waals surface area contributed by atoms with Gasteiger partial charge in [-0.15, -0.1) is 0 Å². The van der Waals surface area contributed by atoms with E-state index in [1.807, 2.05) is 0 Å². The first-order valence-electron chi connectivity index (χ1n) is 5.19. The average molecular weight is 264 g/mol. The second kappa shape index (κ2) is 5.37. The summed E-state index contributed by atoms with van der Waals surface area (Å²) in [5, 5.41) is 0. The third-order valence-electron chi connectivity index (χ3n) is 2.55. The van der Waals surface area contributed by atoms with E-state index >= 15 is 0 Å². The lowest BCUT2D eigenvalue weighted by Gasteiger charge is -2.17. The van der Waals surface area contributed by atoms with Gasteiger partial charge in [0.2, 0.25) is 0 Å².